The van der Waals surface area contributed by atoms with Crippen molar-refractivity contribution in [2.75, 3.05) is 13.2 Å². The van der Waals surface area contributed by atoms with Crippen LogP contribution in [0.3, 0.4) is 0 Å². The number of carbonyl (C=O) groups excluding carboxylic acids is 1. The predicted molar refractivity (Wildman–Crippen MR) is 228 cm³/mol. The summed E-state index contributed by atoms with van der Waals surface area (Å²) < 4.78 is 47.4. The van der Waals surface area contributed by atoms with E-state index in [4.69, 9.17) is 14.0 Å². The van der Waals surface area contributed by atoms with Crippen LogP contribution in [0.2, 0.25) is 0 Å². The molecule has 1 rings (SSSR count). The molecule has 58 heavy (non-hydrogen) atoms. The highest BCUT2D eigenvalue weighted by Gasteiger charge is 2.48. The summed E-state index contributed by atoms with van der Waals surface area (Å²) in [6, 6.07) is -1.14. The zero-order valence-electron chi connectivity index (χ0n) is 35.5. The first-order chi connectivity index (χ1) is 27.9. The summed E-state index contributed by atoms with van der Waals surface area (Å²) >= 11 is 0. The highest BCUT2D eigenvalue weighted by Crippen LogP contribution is 2.26. The maximum atomic E-state index is 13.1. The van der Waals surface area contributed by atoms with E-state index in [9.17, 15) is 38.7 Å². The number of rotatable bonds is 36. The Labute approximate surface area is 350 Å². The van der Waals surface area contributed by atoms with Gasteiger partial charge in [0.15, 0.2) is 6.29 Å². The number of hydrogen-bond donors (Lipinski definition) is 7. The molecule has 0 saturated carbocycles. The molecule has 0 radical (unpaired) electrons. The largest absolute Gasteiger partial charge is 0.397 e. The Morgan fingerprint density at radius 3 is 1.72 bits per heavy atom. The SMILES string of the molecule is CCC/C=C/CC/C=C/CC/C=C/C(O)C(COC1OC(CO)C(O)C(OS(=O)(=O)O)C1O)NC(=O)C(O)CCCCCCCC/C=C\CCCCCCCCCC. The average molecular weight is 846 g/mol. The molecular formula is C44H79NO12S. The van der Waals surface area contributed by atoms with Gasteiger partial charge in [-0.1, -0.05) is 146 Å². The lowest BCUT2D eigenvalue weighted by atomic mass is 9.99. The fourth-order valence-electron chi connectivity index (χ4n) is 6.61. The van der Waals surface area contributed by atoms with Crippen LogP contribution in [0, 0.1) is 0 Å². The van der Waals surface area contributed by atoms with E-state index in [1.807, 2.05) is 0 Å². The van der Waals surface area contributed by atoms with Crippen LogP contribution in [0.15, 0.2) is 48.6 Å². The Kier molecular flexibility index (Phi) is 32.3. The van der Waals surface area contributed by atoms with Crippen LogP contribution in [0.4, 0.5) is 0 Å². The summed E-state index contributed by atoms with van der Waals surface area (Å²) in [7, 11) is -5.12. The second kappa shape index (κ2) is 34.7. The lowest BCUT2D eigenvalue weighted by Crippen LogP contribution is -2.61. The molecule has 13 nitrogen and oxygen atoms in total. The van der Waals surface area contributed by atoms with Crippen molar-refractivity contribution < 1.29 is 57.0 Å². The van der Waals surface area contributed by atoms with Gasteiger partial charge in [-0.25, -0.2) is 4.18 Å². The standard InChI is InChI=1S/C44H79NO12S/c1-3-5-7-9-11-13-15-16-17-18-19-20-21-23-25-27-29-31-33-38(48)43(51)45-36(37(47)32-30-28-26-24-22-14-12-10-8-6-4-2)35-55-44-41(50)42(57-58(52,53)54)40(49)39(34-46)56-44/h8,10,18-19,22,24,30,32,36-42,44,46-50H,3-7,9,11-17,20-21,23,25-29,31,33-35H2,1-2H3,(H,45,51)(H,52,53,54)/b10-8+,19-18-,24-22+,32-30+. The van der Waals surface area contributed by atoms with Gasteiger partial charge in [0.25, 0.3) is 0 Å². The van der Waals surface area contributed by atoms with Crippen LogP contribution >= 0.6 is 0 Å². The average Bonchev–Trinajstić information content (AvgIpc) is 3.19. The molecule has 14 heteroatoms. The molecule has 1 saturated heterocycles. The third kappa shape index (κ3) is 27.0. The summed E-state index contributed by atoms with van der Waals surface area (Å²) in [4.78, 5) is 13.1. The molecular weight excluding hydrogens is 767 g/mol. The number of allylic oxidation sites excluding steroid dienone is 7. The second-order valence-electron chi connectivity index (χ2n) is 15.4. The lowest BCUT2D eigenvalue weighted by Gasteiger charge is -2.41. The molecule has 0 aliphatic carbocycles. The minimum atomic E-state index is -5.12. The topological polar surface area (TPSA) is 212 Å². The van der Waals surface area contributed by atoms with E-state index in [1.165, 1.54) is 57.4 Å². The highest BCUT2D eigenvalue weighted by molar-refractivity contribution is 7.80. The molecule has 0 aromatic carbocycles. The molecule has 1 heterocycles. The molecule has 8 unspecified atom stereocenters. The predicted octanol–water partition coefficient (Wildman–Crippen LogP) is 7.07. The summed E-state index contributed by atoms with van der Waals surface area (Å²) in [6.45, 7) is 3.09. The third-order valence-electron chi connectivity index (χ3n) is 10.1. The smallest absolute Gasteiger partial charge is 0.394 e. The Bertz CT molecular complexity index is 1240. The van der Waals surface area contributed by atoms with Gasteiger partial charge in [-0.05, 0) is 64.2 Å². The zero-order valence-corrected chi connectivity index (χ0v) is 36.3. The summed E-state index contributed by atoms with van der Waals surface area (Å²) in [6.07, 6.45) is 29.3. The van der Waals surface area contributed by atoms with Crippen LogP contribution < -0.4 is 5.32 Å². The number of hydrogen-bond acceptors (Lipinski definition) is 11. The summed E-state index contributed by atoms with van der Waals surface area (Å²) in [5, 5.41) is 55.0. The van der Waals surface area contributed by atoms with E-state index in [1.54, 1.807) is 6.08 Å². The normalized spacial score (nSPS) is 22.1. The number of amides is 1. The molecule has 1 amide bonds. The van der Waals surface area contributed by atoms with E-state index < -0.39 is 78.5 Å². The number of nitrogens with one attached hydrogen (secondary N) is 1. The number of ether oxygens (including phenoxy) is 2. The van der Waals surface area contributed by atoms with Crippen LogP contribution in [0.1, 0.15) is 162 Å². The molecule has 7 N–H and O–H groups in total. The fourth-order valence-corrected chi connectivity index (χ4v) is 7.12. The number of aliphatic hydroxyl groups excluding tert-OH is 5. The number of unbranched alkanes of at least 4 members (excludes halogenated alkanes) is 17. The fraction of sp³-hybridized carbons (Fsp3) is 0.795. The number of carbonyl (C=O) groups is 1. The summed E-state index contributed by atoms with van der Waals surface area (Å²) in [5.74, 6) is -0.725. The molecule has 0 spiro atoms. The van der Waals surface area contributed by atoms with Gasteiger partial charge in [0, 0.05) is 0 Å². The third-order valence-corrected chi connectivity index (χ3v) is 10.6. The van der Waals surface area contributed by atoms with Gasteiger partial charge in [-0.2, -0.15) is 8.42 Å². The van der Waals surface area contributed by atoms with E-state index in [2.05, 4.69) is 59.8 Å². The molecule has 0 aromatic heterocycles. The van der Waals surface area contributed by atoms with Crippen molar-refractivity contribution >= 4 is 16.3 Å². The summed E-state index contributed by atoms with van der Waals surface area (Å²) in [5.41, 5.74) is 0. The quantitative estimate of drug-likeness (QED) is 0.0192. The zero-order chi connectivity index (χ0) is 42.9. The Hall–Kier alpha value is -1.98. The first-order valence-electron chi connectivity index (χ1n) is 22.1. The van der Waals surface area contributed by atoms with E-state index in [0.717, 1.165) is 77.0 Å². The first-order valence-corrected chi connectivity index (χ1v) is 23.5. The molecule has 1 aliphatic rings. The van der Waals surface area contributed by atoms with Crippen molar-refractivity contribution in [3.05, 3.63) is 48.6 Å². The maximum absolute atomic E-state index is 13.1. The highest BCUT2D eigenvalue weighted by atomic mass is 32.3. The Morgan fingerprint density at radius 1 is 0.690 bits per heavy atom. The minimum absolute atomic E-state index is 0.225. The maximum Gasteiger partial charge on any atom is 0.397 e. The van der Waals surface area contributed by atoms with Crippen molar-refractivity contribution in [1.29, 1.82) is 0 Å². The van der Waals surface area contributed by atoms with Gasteiger partial charge < -0.3 is 40.3 Å². The minimum Gasteiger partial charge on any atom is -0.394 e. The van der Waals surface area contributed by atoms with Crippen LogP contribution in [0.5, 0.6) is 0 Å². The first kappa shape index (κ1) is 54.0. The second-order valence-corrected chi connectivity index (χ2v) is 16.4. The Balaban J connectivity index is 2.60. The van der Waals surface area contributed by atoms with Crippen LogP contribution in [0.25, 0.3) is 0 Å². The number of aliphatic hydroxyl groups is 5. The van der Waals surface area contributed by atoms with E-state index >= 15 is 0 Å². The molecule has 0 aromatic rings. The van der Waals surface area contributed by atoms with Gasteiger partial charge in [-0.15, -0.1) is 0 Å². The van der Waals surface area contributed by atoms with Crippen molar-refractivity contribution in [2.45, 2.75) is 210 Å². The molecule has 338 valence electrons. The molecule has 1 fully saturated rings. The van der Waals surface area contributed by atoms with Crippen molar-refractivity contribution in [3.63, 3.8) is 0 Å². The molecule has 0 bridgehead atoms. The van der Waals surface area contributed by atoms with Crippen LogP contribution in [-0.4, -0.2) is 107 Å². The van der Waals surface area contributed by atoms with Crippen molar-refractivity contribution in [1.82, 2.24) is 5.32 Å². The lowest BCUT2D eigenvalue weighted by molar-refractivity contribution is -0.298. The molecule has 8 atom stereocenters. The van der Waals surface area contributed by atoms with Crippen LogP contribution in [-0.2, 0) is 28.9 Å². The van der Waals surface area contributed by atoms with E-state index in [0.29, 0.717) is 12.8 Å². The van der Waals surface area contributed by atoms with Gasteiger partial charge in [-0.3, -0.25) is 9.35 Å². The monoisotopic (exact) mass is 846 g/mol. The van der Waals surface area contributed by atoms with Gasteiger partial charge >= 0.3 is 10.4 Å². The van der Waals surface area contributed by atoms with E-state index in [-0.39, 0.29) is 6.42 Å². The molecule has 1 aliphatic heterocycles. The van der Waals surface area contributed by atoms with Crippen molar-refractivity contribution in [3.8, 4) is 0 Å². The van der Waals surface area contributed by atoms with Gasteiger partial charge in [0.05, 0.1) is 25.4 Å². The Morgan fingerprint density at radius 2 is 1.19 bits per heavy atom. The van der Waals surface area contributed by atoms with Gasteiger partial charge in [0.2, 0.25) is 5.91 Å². The van der Waals surface area contributed by atoms with Crippen molar-refractivity contribution in [2.24, 2.45) is 0 Å². The van der Waals surface area contributed by atoms with Gasteiger partial charge in [0.1, 0.15) is 30.5 Å².